The molecule has 1 atom stereocenters. The highest BCUT2D eigenvalue weighted by molar-refractivity contribution is 5.17. The number of hydrogen-bond donors (Lipinski definition) is 0. The second-order valence-electron chi connectivity index (χ2n) is 7.50. The molecule has 4 nitrogen and oxygen atoms in total. The van der Waals surface area contributed by atoms with Gasteiger partial charge in [0.25, 0.3) is 0 Å². The Morgan fingerprint density at radius 2 is 2.04 bits per heavy atom. The number of hydrogen-bond acceptors (Lipinski definition) is 4. The summed E-state index contributed by atoms with van der Waals surface area (Å²) in [6, 6.07) is 12.8. The molecule has 0 unspecified atom stereocenters. The summed E-state index contributed by atoms with van der Waals surface area (Å²) in [5, 5.41) is 0. The van der Waals surface area contributed by atoms with Crippen molar-refractivity contribution < 1.29 is 13.9 Å². The van der Waals surface area contributed by atoms with E-state index in [0.717, 1.165) is 56.0 Å². The molecule has 2 fully saturated rings. The van der Waals surface area contributed by atoms with Gasteiger partial charge in [-0.3, -0.25) is 9.88 Å². The van der Waals surface area contributed by atoms with E-state index in [1.807, 2.05) is 37.3 Å². The van der Waals surface area contributed by atoms with Gasteiger partial charge in [-0.1, -0.05) is 18.2 Å². The lowest BCUT2D eigenvalue weighted by atomic mass is 9.84. The zero-order valence-corrected chi connectivity index (χ0v) is 15.2. The topological polar surface area (TPSA) is 34.6 Å². The smallest absolute Gasteiger partial charge is 0.123 e. The molecule has 1 aromatic heterocycles. The second kappa shape index (κ2) is 7.43. The minimum Gasteiger partial charge on any atom is -0.372 e. The summed E-state index contributed by atoms with van der Waals surface area (Å²) in [5.74, 6) is -0.187. The Bertz CT molecular complexity index is 744. The predicted molar refractivity (Wildman–Crippen MR) is 97.1 cm³/mol. The Hall–Kier alpha value is -1.82. The van der Waals surface area contributed by atoms with E-state index in [1.165, 1.54) is 12.1 Å². The van der Waals surface area contributed by atoms with Gasteiger partial charge in [0.15, 0.2) is 0 Å². The van der Waals surface area contributed by atoms with E-state index < -0.39 is 0 Å². The minimum atomic E-state index is -0.187. The molecule has 2 aliphatic rings. The fourth-order valence-corrected chi connectivity index (χ4v) is 3.96. The van der Waals surface area contributed by atoms with Crippen LogP contribution < -0.4 is 0 Å². The summed E-state index contributed by atoms with van der Waals surface area (Å²) in [6.45, 7) is 5.96. The number of benzene rings is 1. The number of nitrogens with zero attached hydrogens (tertiary/aromatic N) is 2. The first-order valence-electron chi connectivity index (χ1n) is 9.25. The number of likely N-dealkylation sites (tertiary alicyclic amines) is 1. The molecule has 1 spiro atoms. The van der Waals surface area contributed by atoms with Gasteiger partial charge in [-0.2, -0.15) is 0 Å². The van der Waals surface area contributed by atoms with Crippen molar-refractivity contribution in [1.29, 1.82) is 0 Å². The number of pyridine rings is 1. The van der Waals surface area contributed by atoms with E-state index >= 15 is 0 Å². The van der Waals surface area contributed by atoms with Gasteiger partial charge < -0.3 is 9.47 Å². The Kier molecular flexibility index (Phi) is 5.02. The van der Waals surface area contributed by atoms with E-state index in [9.17, 15) is 4.39 Å². The molecule has 1 aromatic carbocycles. The molecule has 0 bridgehead atoms. The number of aryl methyl sites for hydroxylation is 1. The Morgan fingerprint density at radius 3 is 2.81 bits per heavy atom. The van der Waals surface area contributed by atoms with Crippen LogP contribution in [0.1, 0.15) is 29.8 Å². The van der Waals surface area contributed by atoms with Crippen LogP contribution in [0.4, 0.5) is 4.39 Å². The quantitative estimate of drug-likeness (QED) is 0.822. The summed E-state index contributed by atoms with van der Waals surface area (Å²) < 4.78 is 25.2. The molecule has 138 valence electrons. The lowest BCUT2D eigenvalue weighted by Crippen LogP contribution is -2.65. The molecule has 26 heavy (non-hydrogen) atoms. The normalized spacial score (nSPS) is 22.3. The third-order valence-corrected chi connectivity index (χ3v) is 5.20. The molecule has 0 radical (unpaired) electrons. The maximum Gasteiger partial charge on any atom is 0.123 e. The molecule has 0 amide bonds. The standard InChI is InChI=1S/C21H25FN2O2/c1-16-3-2-4-19(23-16)13-25-20-9-10-26-21(11-20)14-24(15-21)12-17-5-7-18(22)8-6-17/h2-8,20H,9-15H2,1H3/t20-/m0/s1. The SMILES string of the molecule is Cc1cccc(CO[C@H]2CCOC3(C2)CN(Cc2ccc(F)cc2)C3)n1. The van der Waals surface area contributed by atoms with Crippen molar-refractivity contribution in [3.05, 3.63) is 65.2 Å². The van der Waals surface area contributed by atoms with Crippen LogP contribution >= 0.6 is 0 Å². The van der Waals surface area contributed by atoms with Crippen molar-refractivity contribution in [1.82, 2.24) is 9.88 Å². The number of ether oxygens (including phenoxy) is 2. The second-order valence-corrected chi connectivity index (χ2v) is 7.50. The fourth-order valence-electron chi connectivity index (χ4n) is 3.96. The minimum absolute atomic E-state index is 0.0804. The van der Waals surface area contributed by atoms with E-state index in [1.54, 1.807) is 0 Å². The largest absolute Gasteiger partial charge is 0.372 e. The summed E-state index contributed by atoms with van der Waals surface area (Å²) in [6.07, 6.45) is 2.09. The Labute approximate surface area is 153 Å². The van der Waals surface area contributed by atoms with Crippen LogP contribution in [-0.4, -0.2) is 41.3 Å². The molecule has 2 saturated heterocycles. The van der Waals surface area contributed by atoms with Gasteiger partial charge in [0.1, 0.15) is 5.82 Å². The molecule has 3 heterocycles. The molecule has 0 N–H and O–H groups in total. The van der Waals surface area contributed by atoms with Crippen molar-refractivity contribution in [2.24, 2.45) is 0 Å². The number of aromatic nitrogens is 1. The van der Waals surface area contributed by atoms with Crippen LogP contribution in [0.3, 0.4) is 0 Å². The Morgan fingerprint density at radius 1 is 1.23 bits per heavy atom. The summed E-state index contributed by atoms with van der Waals surface area (Å²) in [5.41, 5.74) is 3.06. The third-order valence-electron chi connectivity index (χ3n) is 5.20. The number of halogens is 1. The molecular weight excluding hydrogens is 331 g/mol. The molecule has 5 heteroatoms. The highest BCUT2D eigenvalue weighted by Gasteiger charge is 2.47. The van der Waals surface area contributed by atoms with E-state index in [-0.39, 0.29) is 17.5 Å². The molecule has 2 aromatic rings. The van der Waals surface area contributed by atoms with Crippen molar-refractivity contribution in [3.63, 3.8) is 0 Å². The van der Waals surface area contributed by atoms with Crippen molar-refractivity contribution in [2.75, 3.05) is 19.7 Å². The molecule has 0 aliphatic carbocycles. The number of rotatable bonds is 5. The summed E-state index contributed by atoms with van der Waals surface area (Å²) in [4.78, 5) is 6.85. The maximum absolute atomic E-state index is 13.0. The van der Waals surface area contributed by atoms with Crippen LogP contribution in [0.25, 0.3) is 0 Å². The van der Waals surface area contributed by atoms with Crippen LogP contribution in [0.2, 0.25) is 0 Å². The van der Waals surface area contributed by atoms with Gasteiger partial charge in [-0.15, -0.1) is 0 Å². The van der Waals surface area contributed by atoms with Crippen LogP contribution in [-0.2, 0) is 22.6 Å². The van der Waals surface area contributed by atoms with Crippen LogP contribution in [0.15, 0.2) is 42.5 Å². The van der Waals surface area contributed by atoms with Crippen molar-refractivity contribution >= 4 is 0 Å². The lowest BCUT2D eigenvalue weighted by Gasteiger charge is -2.53. The first-order valence-corrected chi connectivity index (χ1v) is 9.25. The van der Waals surface area contributed by atoms with Gasteiger partial charge in [-0.25, -0.2) is 4.39 Å². The van der Waals surface area contributed by atoms with Gasteiger partial charge in [-0.05, 0) is 43.2 Å². The summed E-state index contributed by atoms with van der Waals surface area (Å²) in [7, 11) is 0. The van der Waals surface area contributed by atoms with Crippen molar-refractivity contribution in [3.8, 4) is 0 Å². The van der Waals surface area contributed by atoms with E-state index in [0.29, 0.717) is 6.61 Å². The van der Waals surface area contributed by atoms with E-state index in [2.05, 4.69) is 9.88 Å². The predicted octanol–water partition coefficient (Wildman–Crippen LogP) is 3.48. The van der Waals surface area contributed by atoms with Crippen LogP contribution in [0.5, 0.6) is 0 Å². The lowest BCUT2D eigenvalue weighted by molar-refractivity contribution is -0.200. The van der Waals surface area contributed by atoms with Gasteiger partial charge in [0.05, 0.1) is 24.0 Å². The van der Waals surface area contributed by atoms with Crippen molar-refractivity contribution in [2.45, 2.75) is 44.6 Å². The molecular formula is C21H25FN2O2. The third kappa shape index (κ3) is 4.11. The maximum atomic E-state index is 13.0. The van der Waals surface area contributed by atoms with Gasteiger partial charge in [0, 0.05) is 38.4 Å². The average molecular weight is 356 g/mol. The zero-order chi connectivity index (χ0) is 18.0. The molecule has 0 saturated carbocycles. The summed E-state index contributed by atoms with van der Waals surface area (Å²) >= 11 is 0. The highest BCUT2D eigenvalue weighted by atomic mass is 19.1. The van der Waals surface area contributed by atoms with Crippen LogP contribution in [0, 0.1) is 12.7 Å². The van der Waals surface area contributed by atoms with E-state index in [4.69, 9.17) is 9.47 Å². The average Bonchev–Trinajstić information content (AvgIpc) is 2.61. The van der Waals surface area contributed by atoms with Gasteiger partial charge in [0.2, 0.25) is 0 Å². The van der Waals surface area contributed by atoms with Gasteiger partial charge >= 0.3 is 0 Å². The first kappa shape index (κ1) is 17.6. The monoisotopic (exact) mass is 356 g/mol. The zero-order valence-electron chi connectivity index (χ0n) is 15.2. The molecule has 2 aliphatic heterocycles. The molecule has 4 rings (SSSR count). The first-order chi connectivity index (χ1) is 12.6. The highest BCUT2D eigenvalue weighted by Crippen LogP contribution is 2.36. The Balaban J connectivity index is 1.27. The fraction of sp³-hybridized carbons (Fsp3) is 0.476.